The van der Waals surface area contributed by atoms with E-state index in [2.05, 4.69) is 83.4 Å². The minimum absolute atomic E-state index is 0.612. The molecule has 0 saturated heterocycles. The molecule has 0 aliphatic carbocycles. The molecule has 0 amide bonds. The molecule has 0 spiro atoms. The lowest BCUT2D eigenvalue weighted by Crippen LogP contribution is -1.98. The van der Waals surface area contributed by atoms with E-state index in [0.29, 0.717) is 5.56 Å². The van der Waals surface area contributed by atoms with Crippen LogP contribution in [0, 0.1) is 11.3 Å². The lowest BCUT2D eigenvalue weighted by Gasteiger charge is -2.15. The van der Waals surface area contributed by atoms with E-state index in [9.17, 15) is 5.26 Å². The average Bonchev–Trinajstić information content (AvgIpc) is 3.69. The lowest BCUT2D eigenvalue weighted by molar-refractivity contribution is 0.668. The maximum Gasteiger partial charge on any atom is 0.137 e. The fourth-order valence-electron chi connectivity index (χ4n) is 6.44. The molecule has 0 fully saturated rings. The van der Waals surface area contributed by atoms with Gasteiger partial charge in [0.05, 0.1) is 33.7 Å². The molecule has 0 saturated carbocycles. The molecule has 3 aromatic heterocycles. The van der Waals surface area contributed by atoms with Crippen molar-refractivity contribution in [3.8, 4) is 22.9 Å². The summed E-state index contributed by atoms with van der Waals surface area (Å²) < 4.78 is 14.8. The minimum atomic E-state index is 0.612. The number of hydrogen-bond donors (Lipinski definition) is 0. The maximum atomic E-state index is 9.90. The van der Waals surface area contributed by atoms with Gasteiger partial charge in [-0.2, -0.15) is 5.26 Å². The van der Waals surface area contributed by atoms with Crippen LogP contribution in [0.5, 0.6) is 0 Å². The summed E-state index contributed by atoms with van der Waals surface area (Å²) in [5.74, 6) is 0. The molecule has 4 nitrogen and oxygen atoms in total. The van der Waals surface area contributed by atoms with Gasteiger partial charge in [-0.3, -0.25) is 0 Å². The van der Waals surface area contributed by atoms with Crippen molar-refractivity contribution >= 4 is 65.7 Å². The molecule has 3 heterocycles. The Morgan fingerprint density at radius 3 is 2.07 bits per heavy atom. The van der Waals surface area contributed by atoms with Crippen LogP contribution in [0.2, 0.25) is 0 Å². The highest BCUT2D eigenvalue weighted by Gasteiger charge is 2.21. The molecule has 0 atom stereocenters. The molecule has 9 rings (SSSR count). The number of para-hydroxylation sites is 3. The van der Waals surface area contributed by atoms with Crippen LogP contribution >= 0.6 is 0 Å². The summed E-state index contributed by atoms with van der Waals surface area (Å²) in [5, 5.41) is 16.5. The molecule has 0 bridgehead atoms. The highest BCUT2D eigenvalue weighted by atomic mass is 16.3. The predicted octanol–water partition coefficient (Wildman–Crippen LogP) is 10.1. The molecular formula is C37H20N2O2. The number of benzene rings is 6. The Kier molecular flexibility index (Phi) is 4.37. The van der Waals surface area contributed by atoms with Crippen molar-refractivity contribution in [3.63, 3.8) is 0 Å². The topological polar surface area (TPSA) is 55.0 Å². The Labute approximate surface area is 233 Å². The number of furan rings is 2. The van der Waals surface area contributed by atoms with Gasteiger partial charge in [0.15, 0.2) is 0 Å². The highest BCUT2D eigenvalue weighted by Crippen LogP contribution is 2.43. The zero-order chi connectivity index (χ0) is 27.1. The van der Waals surface area contributed by atoms with Gasteiger partial charge in [-0.25, -0.2) is 0 Å². The van der Waals surface area contributed by atoms with E-state index in [-0.39, 0.29) is 0 Å². The molecule has 0 aliphatic rings. The minimum Gasteiger partial charge on any atom is -0.456 e. The number of aromatic nitrogens is 1. The smallest absolute Gasteiger partial charge is 0.137 e. The maximum absolute atomic E-state index is 9.90. The molecule has 0 radical (unpaired) electrons. The number of nitriles is 1. The summed E-state index contributed by atoms with van der Waals surface area (Å²) in [6, 6.07) is 43.7. The van der Waals surface area contributed by atoms with E-state index in [0.717, 1.165) is 77.1 Å². The highest BCUT2D eigenvalue weighted by molar-refractivity contribution is 6.24. The van der Waals surface area contributed by atoms with Gasteiger partial charge in [0.25, 0.3) is 0 Å². The average molecular weight is 525 g/mol. The van der Waals surface area contributed by atoms with Gasteiger partial charge < -0.3 is 13.4 Å². The molecule has 0 aliphatic heterocycles. The van der Waals surface area contributed by atoms with Crippen LogP contribution in [0.15, 0.2) is 130 Å². The second kappa shape index (κ2) is 8.11. The largest absolute Gasteiger partial charge is 0.456 e. The molecule has 0 N–H and O–H groups in total. The molecule has 190 valence electrons. The molecule has 9 aromatic rings. The molecule has 6 aromatic carbocycles. The summed E-state index contributed by atoms with van der Waals surface area (Å²) in [6.07, 6.45) is 0. The van der Waals surface area contributed by atoms with E-state index >= 15 is 0 Å². The SMILES string of the molecule is N#Cc1ccc(-n2c3ccccc3c3ccc4oc5ccccc5c4c32)c(-c2ccc3oc4ccccc4c3c2)c1. The van der Waals surface area contributed by atoms with Crippen molar-refractivity contribution < 1.29 is 8.83 Å². The van der Waals surface area contributed by atoms with Crippen molar-refractivity contribution in [1.82, 2.24) is 4.57 Å². The van der Waals surface area contributed by atoms with E-state index in [1.54, 1.807) is 0 Å². The first kappa shape index (κ1) is 22.1. The first-order valence-electron chi connectivity index (χ1n) is 13.6. The third kappa shape index (κ3) is 3.03. The van der Waals surface area contributed by atoms with Gasteiger partial charge in [-0.1, -0.05) is 60.7 Å². The van der Waals surface area contributed by atoms with Gasteiger partial charge >= 0.3 is 0 Å². The van der Waals surface area contributed by atoms with Crippen molar-refractivity contribution in [2.45, 2.75) is 0 Å². The number of nitrogens with zero attached hydrogens (tertiary/aromatic N) is 2. The van der Waals surface area contributed by atoms with Crippen LogP contribution in [0.3, 0.4) is 0 Å². The normalized spacial score (nSPS) is 11.9. The third-order valence-electron chi connectivity index (χ3n) is 8.23. The summed E-state index contributed by atoms with van der Waals surface area (Å²) in [4.78, 5) is 0. The van der Waals surface area contributed by atoms with E-state index in [1.807, 2.05) is 48.5 Å². The van der Waals surface area contributed by atoms with Crippen LogP contribution < -0.4 is 0 Å². The van der Waals surface area contributed by atoms with Crippen molar-refractivity contribution in [2.24, 2.45) is 0 Å². The molecule has 41 heavy (non-hydrogen) atoms. The number of hydrogen-bond acceptors (Lipinski definition) is 3. The Morgan fingerprint density at radius 1 is 0.537 bits per heavy atom. The van der Waals surface area contributed by atoms with E-state index in [1.165, 1.54) is 5.39 Å². The second-order valence-electron chi connectivity index (χ2n) is 10.4. The van der Waals surface area contributed by atoms with Crippen LogP contribution in [0.25, 0.3) is 82.5 Å². The monoisotopic (exact) mass is 524 g/mol. The Balaban J connectivity index is 1.44. The fraction of sp³-hybridized carbons (Fsp3) is 0. The zero-order valence-electron chi connectivity index (χ0n) is 21.8. The molecule has 0 unspecified atom stereocenters. The molecule has 4 heteroatoms. The van der Waals surface area contributed by atoms with Gasteiger partial charge in [0.1, 0.15) is 22.3 Å². The quantitative estimate of drug-likeness (QED) is 0.226. The van der Waals surface area contributed by atoms with Crippen LogP contribution in [0.4, 0.5) is 0 Å². The number of rotatable bonds is 2. The van der Waals surface area contributed by atoms with E-state index in [4.69, 9.17) is 8.83 Å². The number of fused-ring (bicyclic) bond motifs is 10. The van der Waals surface area contributed by atoms with Gasteiger partial charge in [-0.15, -0.1) is 0 Å². The first-order chi connectivity index (χ1) is 20.3. The summed E-state index contributed by atoms with van der Waals surface area (Å²) in [7, 11) is 0. The Bertz CT molecular complexity index is 2550. The van der Waals surface area contributed by atoms with Gasteiger partial charge in [-0.05, 0) is 66.2 Å². The zero-order valence-corrected chi connectivity index (χ0v) is 21.8. The van der Waals surface area contributed by atoms with Gasteiger partial charge in [0.2, 0.25) is 0 Å². The van der Waals surface area contributed by atoms with Crippen molar-refractivity contribution in [3.05, 3.63) is 127 Å². The van der Waals surface area contributed by atoms with Gasteiger partial charge in [0, 0.05) is 32.5 Å². The second-order valence-corrected chi connectivity index (χ2v) is 10.4. The third-order valence-corrected chi connectivity index (χ3v) is 8.23. The summed E-state index contributed by atoms with van der Waals surface area (Å²) >= 11 is 0. The van der Waals surface area contributed by atoms with Crippen molar-refractivity contribution in [1.29, 1.82) is 5.26 Å². The standard InChI is InChI=1S/C37H20N2O2/c38-21-22-13-16-31(28(19-22)23-14-17-34-29(20-23)25-8-2-5-11-32(25)40-34)39-30-10-4-1-7-24(30)26-15-18-35-36(37(26)39)27-9-3-6-12-33(27)41-35/h1-20H. The summed E-state index contributed by atoms with van der Waals surface area (Å²) in [6.45, 7) is 0. The Hall–Kier alpha value is -5.79. The van der Waals surface area contributed by atoms with Crippen LogP contribution in [0.1, 0.15) is 5.56 Å². The van der Waals surface area contributed by atoms with Crippen molar-refractivity contribution in [2.75, 3.05) is 0 Å². The summed E-state index contributed by atoms with van der Waals surface area (Å²) in [5.41, 5.74) is 9.22. The van der Waals surface area contributed by atoms with Crippen LogP contribution in [-0.4, -0.2) is 4.57 Å². The van der Waals surface area contributed by atoms with Crippen LogP contribution in [-0.2, 0) is 0 Å². The fourth-order valence-corrected chi connectivity index (χ4v) is 6.44. The Morgan fingerprint density at radius 2 is 1.22 bits per heavy atom. The van der Waals surface area contributed by atoms with E-state index < -0.39 is 0 Å². The lowest BCUT2D eigenvalue weighted by atomic mass is 9.98. The first-order valence-corrected chi connectivity index (χ1v) is 13.6. The predicted molar refractivity (Wildman–Crippen MR) is 165 cm³/mol. The molecular weight excluding hydrogens is 504 g/mol.